The lowest BCUT2D eigenvalue weighted by Crippen LogP contribution is -2.11. The van der Waals surface area contributed by atoms with E-state index in [1.165, 1.54) is 11.3 Å². The zero-order valence-corrected chi connectivity index (χ0v) is 15.4. The van der Waals surface area contributed by atoms with E-state index in [1.54, 1.807) is 32.2 Å². The molecule has 1 amide bonds. The summed E-state index contributed by atoms with van der Waals surface area (Å²) in [6.45, 7) is 2.64. The number of anilines is 1. The molecule has 0 aliphatic heterocycles. The van der Waals surface area contributed by atoms with Gasteiger partial charge in [0.15, 0.2) is 0 Å². The Morgan fingerprint density at radius 2 is 1.85 bits per heavy atom. The predicted octanol–water partition coefficient (Wildman–Crippen LogP) is 4.48. The molecule has 0 bridgehead atoms. The molecule has 0 spiro atoms. The number of nitrogens with one attached hydrogen (secondary N) is 1. The number of rotatable bonds is 6. The third-order valence-electron chi connectivity index (χ3n) is 3.78. The highest BCUT2D eigenvalue weighted by Crippen LogP contribution is 2.29. The maximum Gasteiger partial charge on any atom is 0.348 e. The summed E-state index contributed by atoms with van der Waals surface area (Å²) in [4.78, 5) is 24.8. The lowest BCUT2D eigenvalue weighted by molar-refractivity contribution is 0.0532. The summed E-state index contributed by atoms with van der Waals surface area (Å²) in [5.74, 6) is -0.510. The summed E-state index contributed by atoms with van der Waals surface area (Å²) >= 11 is 1.38. The van der Waals surface area contributed by atoms with Crippen molar-refractivity contribution < 1.29 is 19.1 Å². The van der Waals surface area contributed by atoms with Crippen molar-refractivity contribution in [2.24, 2.45) is 0 Å². The average molecular weight is 369 g/mol. The van der Waals surface area contributed by atoms with Gasteiger partial charge in [-0.2, -0.15) is 0 Å². The molecule has 5 nitrogen and oxygen atoms in total. The van der Waals surface area contributed by atoms with Gasteiger partial charge in [0, 0.05) is 23.1 Å². The van der Waals surface area contributed by atoms with Crippen LogP contribution >= 0.6 is 11.3 Å². The molecule has 0 aliphatic carbocycles. The number of esters is 1. The summed E-state index contributed by atoms with van der Waals surface area (Å²) < 4.78 is 11.1. The first-order valence-corrected chi connectivity index (χ1v) is 9.02. The van der Waals surface area contributed by atoms with Gasteiger partial charge < -0.3 is 14.8 Å². The Hall–Kier alpha value is -2.70. The minimum atomic E-state index is -0.324. The van der Waals surface area contributed by atoms with Crippen molar-refractivity contribution in [3.63, 3.8) is 0 Å². The monoisotopic (exact) mass is 369 g/mol. The molecule has 0 saturated carbocycles. The van der Waals surface area contributed by atoms with Crippen molar-refractivity contribution in [1.82, 2.24) is 0 Å². The number of methoxy groups -OCH3 is 1. The fraction of sp³-hybridized carbons (Fsp3) is 0.200. The highest BCUT2D eigenvalue weighted by atomic mass is 32.1. The van der Waals surface area contributed by atoms with Gasteiger partial charge in [-0.15, -0.1) is 11.3 Å². The number of carbonyl (C=O) groups is 2. The van der Waals surface area contributed by atoms with Crippen LogP contribution in [-0.4, -0.2) is 25.6 Å². The molecule has 1 N–H and O–H groups in total. The minimum Gasteiger partial charge on any atom is -0.462 e. The number of benzene rings is 2. The SMILES string of the molecule is CCOC(=O)c1cc2cc(NC(=O)c3ccc(COC)cc3)ccc2s1. The average Bonchev–Trinajstić information content (AvgIpc) is 3.06. The van der Waals surface area contributed by atoms with Crippen LogP contribution in [0.5, 0.6) is 0 Å². The van der Waals surface area contributed by atoms with E-state index < -0.39 is 0 Å². The van der Waals surface area contributed by atoms with Gasteiger partial charge in [0.05, 0.1) is 13.2 Å². The standard InChI is InChI=1S/C20H19NO4S/c1-3-25-20(23)18-11-15-10-16(8-9-17(15)26-18)21-19(22)14-6-4-13(5-7-14)12-24-2/h4-11H,3,12H2,1-2H3,(H,21,22). The number of fused-ring (bicyclic) bond motifs is 1. The van der Waals surface area contributed by atoms with Crippen LogP contribution in [0.25, 0.3) is 10.1 Å². The van der Waals surface area contributed by atoms with Crippen molar-refractivity contribution >= 4 is 39.0 Å². The lowest BCUT2D eigenvalue weighted by atomic mass is 10.1. The fourth-order valence-electron chi connectivity index (χ4n) is 2.55. The van der Waals surface area contributed by atoms with E-state index in [4.69, 9.17) is 9.47 Å². The van der Waals surface area contributed by atoms with Crippen molar-refractivity contribution in [3.05, 3.63) is 64.5 Å². The van der Waals surface area contributed by atoms with Gasteiger partial charge in [0.2, 0.25) is 0 Å². The maximum absolute atomic E-state index is 12.4. The second-order valence-electron chi connectivity index (χ2n) is 5.67. The molecule has 3 aromatic rings. The Morgan fingerprint density at radius 1 is 1.08 bits per heavy atom. The number of ether oxygens (including phenoxy) is 2. The second-order valence-corrected chi connectivity index (χ2v) is 6.75. The first-order valence-electron chi connectivity index (χ1n) is 8.20. The summed E-state index contributed by atoms with van der Waals surface area (Å²) in [5.41, 5.74) is 2.26. The molecule has 0 fully saturated rings. The fourth-order valence-corrected chi connectivity index (χ4v) is 3.48. The van der Waals surface area contributed by atoms with Crippen LogP contribution in [-0.2, 0) is 16.1 Å². The third kappa shape index (κ3) is 4.09. The molecular weight excluding hydrogens is 350 g/mol. The Bertz CT molecular complexity index is 931. The molecule has 134 valence electrons. The molecule has 3 rings (SSSR count). The zero-order valence-electron chi connectivity index (χ0n) is 14.6. The maximum atomic E-state index is 12.4. The molecule has 6 heteroatoms. The first-order chi connectivity index (χ1) is 12.6. The Labute approximate surface area is 155 Å². The number of hydrogen-bond acceptors (Lipinski definition) is 5. The van der Waals surface area contributed by atoms with Gasteiger partial charge >= 0.3 is 5.97 Å². The number of hydrogen-bond donors (Lipinski definition) is 1. The number of carbonyl (C=O) groups excluding carboxylic acids is 2. The van der Waals surface area contributed by atoms with Gasteiger partial charge in [-0.3, -0.25) is 4.79 Å². The van der Waals surface area contributed by atoms with Crippen LogP contribution < -0.4 is 5.32 Å². The molecule has 2 aromatic carbocycles. The topological polar surface area (TPSA) is 64.6 Å². The van der Waals surface area contributed by atoms with Gasteiger partial charge in [0.1, 0.15) is 4.88 Å². The smallest absolute Gasteiger partial charge is 0.348 e. The van der Waals surface area contributed by atoms with Gasteiger partial charge in [-0.1, -0.05) is 12.1 Å². The molecule has 0 unspecified atom stereocenters. The van der Waals surface area contributed by atoms with Crippen molar-refractivity contribution in [3.8, 4) is 0 Å². The second kappa shape index (κ2) is 8.12. The normalized spacial score (nSPS) is 10.7. The largest absolute Gasteiger partial charge is 0.462 e. The third-order valence-corrected chi connectivity index (χ3v) is 4.87. The summed E-state index contributed by atoms with van der Waals surface area (Å²) in [7, 11) is 1.63. The summed E-state index contributed by atoms with van der Waals surface area (Å²) in [6.07, 6.45) is 0. The number of thiophene rings is 1. The number of amides is 1. The van der Waals surface area contributed by atoms with E-state index in [1.807, 2.05) is 30.3 Å². The molecule has 1 aromatic heterocycles. The Balaban J connectivity index is 1.75. The molecule has 0 atom stereocenters. The molecular formula is C20H19NO4S. The molecule has 0 radical (unpaired) electrons. The zero-order chi connectivity index (χ0) is 18.5. The summed E-state index contributed by atoms with van der Waals surface area (Å²) in [6, 6.07) is 14.6. The van der Waals surface area contributed by atoms with Crippen LogP contribution in [0.3, 0.4) is 0 Å². The quantitative estimate of drug-likeness (QED) is 0.651. The molecule has 26 heavy (non-hydrogen) atoms. The van der Waals surface area contributed by atoms with Crippen LogP contribution in [0, 0.1) is 0 Å². The molecule has 0 saturated heterocycles. The van der Waals surface area contributed by atoms with Gasteiger partial charge in [-0.25, -0.2) is 4.79 Å². The Kier molecular flexibility index (Phi) is 5.65. The molecule has 1 heterocycles. The Morgan fingerprint density at radius 3 is 2.54 bits per heavy atom. The van der Waals surface area contributed by atoms with Gasteiger partial charge in [0.25, 0.3) is 5.91 Å². The lowest BCUT2D eigenvalue weighted by Gasteiger charge is -2.06. The highest BCUT2D eigenvalue weighted by molar-refractivity contribution is 7.20. The van der Waals surface area contributed by atoms with Crippen LogP contribution in [0.15, 0.2) is 48.5 Å². The van der Waals surface area contributed by atoms with Crippen LogP contribution in [0.2, 0.25) is 0 Å². The highest BCUT2D eigenvalue weighted by Gasteiger charge is 2.12. The van der Waals surface area contributed by atoms with Gasteiger partial charge in [-0.05, 0) is 54.3 Å². The van der Waals surface area contributed by atoms with Crippen molar-refractivity contribution in [2.75, 3.05) is 19.0 Å². The van der Waals surface area contributed by atoms with Crippen LogP contribution in [0.1, 0.15) is 32.5 Å². The predicted molar refractivity (Wildman–Crippen MR) is 103 cm³/mol. The summed E-state index contributed by atoms with van der Waals surface area (Å²) in [5, 5.41) is 3.78. The van der Waals surface area contributed by atoms with E-state index in [-0.39, 0.29) is 11.9 Å². The van der Waals surface area contributed by atoms with E-state index in [0.717, 1.165) is 15.6 Å². The van der Waals surface area contributed by atoms with E-state index in [0.29, 0.717) is 29.3 Å². The van der Waals surface area contributed by atoms with E-state index in [2.05, 4.69) is 5.32 Å². The van der Waals surface area contributed by atoms with E-state index >= 15 is 0 Å². The van der Waals surface area contributed by atoms with Crippen molar-refractivity contribution in [2.45, 2.75) is 13.5 Å². The van der Waals surface area contributed by atoms with E-state index in [9.17, 15) is 9.59 Å². The van der Waals surface area contributed by atoms with Crippen molar-refractivity contribution in [1.29, 1.82) is 0 Å². The minimum absolute atomic E-state index is 0.186. The molecule has 0 aliphatic rings. The van der Waals surface area contributed by atoms with Crippen LogP contribution in [0.4, 0.5) is 5.69 Å². The first kappa shape index (κ1) is 18.1.